The molecule has 0 radical (unpaired) electrons. The Bertz CT molecular complexity index is 930. The Morgan fingerprint density at radius 1 is 0.931 bits per heavy atom. The number of carbonyl (C=O) groups excluding carboxylic acids is 1. The standard InChI is InChI=1S/C21H22N4O4/c1-27-16-6-8-17(9-7-16)29-11-10-22-20-14-23-19(13-24-20)21(26)25-15-4-3-5-18(12-15)28-2/h3-9,12-14H,10-11H2,1-2H3,(H,22,24)(H,25,26). The van der Waals surface area contributed by atoms with Crippen molar-refractivity contribution >= 4 is 17.4 Å². The maximum Gasteiger partial charge on any atom is 0.275 e. The third kappa shape index (κ3) is 5.83. The van der Waals surface area contributed by atoms with Crippen LogP contribution in [0.15, 0.2) is 60.9 Å². The largest absolute Gasteiger partial charge is 0.497 e. The second-order valence-corrected chi connectivity index (χ2v) is 5.92. The van der Waals surface area contributed by atoms with Crippen molar-refractivity contribution in [3.8, 4) is 17.2 Å². The highest BCUT2D eigenvalue weighted by Crippen LogP contribution is 2.18. The van der Waals surface area contributed by atoms with Crippen LogP contribution in [0, 0.1) is 0 Å². The highest BCUT2D eigenvalue weighted by Gasteiger charge is 2.09. The average molecular weight is 394 g/mol. The molecule has 0 saturated heterocycles. The van der Waals surface area contributed by atoms with Gasteiger partial charge in [-0.15, -0.1) is 0 Å². The summed E-state index contributed by atoms with van der Waals surface area (Å²) < 4.78 is 15.9. The predicted octanol–water partition coefficient (Wildman–Crippen LogP) is 3.24. The van der Waals surface area contributed by atoms with E-state index < -0.39 is 0 Å². The quantitative estimate of drug-likeness (QED) is 0.538. The molecule has 0 aliphatic carbocycles. The molecule has 0 atom stereocenters. The molecule has 0 aliphatic heterocycles. The number of carbonyl (C=O) groups is 1. The molecule has 3 rings (SSSR count). The molecule has 2 aromatic carbocycles. The molecule has 1 heterocycles. The zero-order valence-electron chi connectivity index (χ0n) is 16.2. The van der Waals surface area contributed by atoms with Crippen LogP contribution in [0.2, 0.25) is 0 Å². The fourth-order valence-electron chi connectivity index (χ4n) is 2.45. The number of methoxy groups -OCH3 is 2. The Labute approximate surface area is 168 Å². The number of aromatic nitrogens is 2. The van der Waals surface area contributed by atoms with E-state index in [1.54, 1.807) is 38.5 Å². The first-order valence-electron chi connectivity index (χ1n) is 8.96. The van der Waals surface area contributed by atoms with Gasteiger partial charge in [-0.05, 0) is 36.4 Å². The normalized spacial score (nSPS) is 10.1. The highest BCUT2D eigenvalue weighted by atomic mass is 16.5. The Kier molecular flexibility index (Phi) is 6.83. The van der Waals surface area contributed by atoms with Gasteiger partial charge in [0.25, 0.3) is 5.91 Å². The van der Waals surface area contributed by atoms with Crippen molar-refractivity contribution in [1.29, 1.82) is 0 Å². The van der Waals surface area contributed by atoms with Gasteiger partial charge in [0.2, 0.25) is 0 Å². The third-order valence-electron chi connectivity index (χ3n) is 3.95. The molecule has 0 spiro atoms. The van der Waals surface area contributed by atoms with Gasteiger partial charge in [0.15, 0.2) is 0 Å². The molecule has 29 heavy (non-hydrogen) atoms. The van der Waals surface area contributed by atoms with Crippen molar-refractivity contribution in [1.82, 2.24) is 9.97 Å². The van der Waals surface area contributed by atoms with Gasteiger partial charge in [-0.1, -0.05) is 6.07 Å². The number of ether oxygens (including phenoxy) is 3. The molecule has 0 saturated carbocycles. The minimum absolute atomic E-state index is 0.216. The number of hydrogen-bond donors (Lipinski definition) is 2. The summed E-state index contributed by atoms with van der Waals surface area (Å²) in [7, 11) is 3.19. The summed E-state index contributed by atoms with van der Waals surface area (Å²) in [6.07, 6.45) is 2.93. The lowest BCUT2D eigenvalue weighted by molar-refractivity contribution is 0.102. The van der Waals surface area contributed by atoms with Gasteiger partial charge in [0, 0.05) is 11.8 Å². The van der Waals surface area contributed by atoms with Gasteiger partial charge < -0.3 is 24.8 Å². The first-order valence-corrected chi connectivity index (χ1v) is 8.96. The average Bonchev–Trinajstić information content (AvgIpc) is 2.77. The van der Waals surface area contributed by atoms with E-state index >= 15 is 0 Å². The lowest BCUT2D eigenvalue weighted by Gasteiger charge is -2.09. The molecule has 1 amide bonds. The zero-order valence-corrected chi connectivity index (χ0v) is 16.2. The van der Waals surface area contributed by atoms with Crippen molar-refractivity contribution < 1.29 is 19.0 Å². The summed E-state index contributed by atoms with van der Waals surface area (Å²) in [6, 6.07) is 14.4. The molecular weight excluding hydrogens is 372 g/mol. The maximum atomic E-state index is 12.3. The predicted molar refractivity (Wildman–Crippen MR) is 110 cm³/mol. The molecule has 0 fully saturated rings. The van der Waals surface area contributed by atoms with Crippen LogP contribution < -0.4 is 24.8 Å². The Hall–Kier alpha value is -3.81. The first-order chi connectivity index (χ1) is 14.2. The maximum absolute atomic E-state index is 12.3. The van der Waals surface area contributed by atoms with E-state index in [0.717, 1.165) is 11.5 Å². The number of amides is 1. The van der Waals surface area contributed by atoms with Crippen LogP contribution in [0.4, 0.5) is 11.5 Å². The van der Waals surface area contributed by atoms with Gasteiger partial charge in [-0.2, -0.15) is 0 Å². The number of rotatable bonds is 9. The summed E-state index contributed by atoms with van der Waals surface area (Å²) in [4.78, 5) is 20.6. The molecular formula is C21H22N4O4. The van der Waals surface area contributed by atoms with E-state index in [9.17, 15) is 4.79 Å². The lowest BCUT2D eigenvalue weighted by atomic mass is 10.3. The SMILES string of the molecule is COc1ccc(OCCNc2cnc(C(=O)Nc3cccc(OC)c3)cn2)cc1. The monoisotopic (exact) mass is 394 g/mol. The van der Waals surface area contributed by atoms with Crippen LogP contribution in [0.3, 0.4) is 0 Å². The third-order valence-corrected chi connectivity index (χ3v) is 3.95. The second-order valence-electron chi connectivity index (χ2n) is 5.92. The van der Waals surface area contributed by atoms with Crippen LogP contribution in [-0.2, 0) is 0 Å². The zero-order chi connectivity index (χ0) is 20.5. The minimum atomic E-state index is -0.347. The van der Waals surface area contributed by atoms with Gasteiger partial charge in [0.05, 0.1) is 33.2 Å². The Balaban J connectivity index is 1.45. The summed E-state index contributed by atoms with van der Waals surface area (Å²) in [6.45, 7) is 0.988. The number of benzene rings is 2. The van der Waals surface area contributed by atoms with E-state index in [1.807, 2.05) is 24.3 Å². The van der Waals surface area contributed by atoms with Crippen molar-refractivity contribution in [3.05, 3.63) is 66.6 Å². The van der Waals surface area contributed by atoms with Crippen molar-refractivity contribution in [3.63, 3.8) is 0 Å². The van der Waals surface area contributed by atoms with E-state index in [1.165, 1.54) is 12.4 Å². The fraction of sp³-hybridized carbons (Fsp3) is 0.190. The summed E-state index contributed by atoms with van der Waals surface area (Å²) in [5.41, 5.74) is 0.835. The van der Waals surface area contributed by atoms with E-state index in [-0.39, 0.29) is 11.6 Å². The van der Waals surface area contributed by atoms with Crippen LogP contribution in [0.5, 0.6) is 17.2 Å². The number of hydrogen-bond acceptors (Lipinski definition) is 7. The molecule has 8 nitrogen and oxygen atoms in total. The molecule has 8 heteroatoms. The Morgan fingerprint density at radius 3 is 2.38 bits per heavy atom. The second kappa shape index (κ2) is 9.93. The molecule has 0 bridgehead atoms. The fourth-order valence-corrected chi connectivity index (χ4v) is 2.45. The first kappa shape index (κ1) is 19.9. The van der Waals surface area contributed by atoms with Crippen LogP contribution in [0.1, 0.15) is 10.5 Å². The van der Waals surface area contributed by atoms with Gasteiger partial charge in [0.1, 0.15) is 35.4 Å². The minimum Gasteiger partial charge on any atom is -0.497 e. The van der Waals surface area contributed by atoms with Crippen molar-refractivity contribution in [2.24, 2.45) is 0 Å². The van der Waals surface area contributed by atoms with Crippen LogP contribution in [-0.4, -0.2) is 43.2 Å². The van der Waals surface area contributed by atoms with Crippen molar-refractivity contribution in [2.75, 3.05) is 38.0 Å². The molecule has 1 aromatic heterocycles. The molecule has 0 aliphatic rings. The lowest BCUT2D eigenvalue weighted by Crippen LogP contribution is -2.16. The van der Waals surface area contributed by atoms with Gasteiger partial charge in [-0.25, -0.2) is 9.97 Å². The Morgan fingerprint density at radius 2 is 1.69 bits per heavy atom. The van der Waals surface area contributed by atoms with E-state index in [4.69, 9.17) is 14.2 Å². The molecule has 3 aromatic rings. The topological polar surface area (TPSA) is 94.6 Å². The smallest absolute Gasteiger partial charge is 0.275 e. The molecule has 150 valence electrons. The van der Waals surface area contributed by atoms with Crippen molar-refractivity contribution in [2.45, 2.75) is 0 Å². The molecule has 2 N–H and O–H groups in total. The van der Waals surface area contributed by atoms with E-state index in [0.29, 0.717) is 30.4 Å². The van der Waals surface area contributed by atoms with E-state index in [2.05, 4.69) is 20.6 Å². The van der Waals surface area contributed by atoms with Gasteiger partial charge >= 0.3 is 0 Å². The summed E-state index contributed by atoms with van der Waals surface area (Å²) in [5, 5.41) is 5.86. The number of nitrogens with zero attached hydrogens (tertiary/aromatic N) is 2. The van der Waals surface area contributed by atoms with Crippen LogP contribution in [0.25, 0.3) is 0 Å². The molecule has 0 unspecified atom stereocenters. The van der Waals surface area contributed by atoms with Crippen LogP contribution >= 0.6 is 0 Å². The van der Waals surface area contributed by atoms with Gasteiger partial charge in [-0.3, -0.25) is 4.79 Å². The number of anilines is 2. The number of nitrogens with one attached hydrogen (secondary N) is 2. The summed E-state index contributed by atoms with van der Waals surface area (Å²) in [5.74, 6) is 2.40. The summed E-state index contributed by atoms with van der Waals surface area (Å²) >= 11 is 0. The highest BCUT2D eigenvalue weighted by molar-refractivity contribution is 6.02.